The molecule has 0 aliphatic carbocycles. The maximum Gasteiger partial charge on any atom is 0.409 e. The van der Waals surface area contributed by atoms with E-state index in [4.69, 9.17) is 9.47 Å². The highest BCUT2D eigenvalue weighted by Gasteiger charge is 2.23. The number of ether oxygens (including phenoxy) is 2. The summed E-state index contributed by atoms with van der Waals surface area (Å²) in [7, 11) is 1.62. The van der Waals surface area contributed by atoms with E-state index in [1.165, 1.54) is 6.20 Å². The van der Waals surface area contributed by atoms with Crippen molar-refractivity contribution in [3.8, 4) is 0 Å². The average Bonchev–Trinajstić information content (AvgIpc) is 2.65. The fraction of sp³-hybridized carbons (Fsp3) is 0.625. The lowest BCUT2D eigenvalue weighted by atomic mass is 10.3. The number of carbonyl (C=O) groups excluding carboxylic acids is 2. The number of hydrogen-bond acceptors (Lipinski definition) is 7. The lowest BCUT2D eigenvalue weighted by Gasteiger charge is -2.34. The second kappa shape index (κ2) is 9.77. The molecule has 0 aromatic carbocycles. The number of piperazine rings is 1. The first-order valence-electron chi connectivity index (χ1n) is 8.41. The predicted octanol–water partition coefficient (Wildman–Crippen LogP) is 0.521. The summed E-state index contributed by atoms with van der Waals surface area (Å²) in [4.78, 5) is 35.8. The van der Waals surface area contributed by atoms with Crippen LogP contribution in [-0.4, -0.2) is 79.9 Å². The first kappa shape index (κ1) is 18.9. The van der Waals surface area contributed by atoms with Crippen molar-refractivity contribution in [2.24, 2.45) is 0 Å². The summed E-state index contributed by atoms with van der Waals surface area (Å²) < 4.78 is 9.93. The molecule has 1 saturated heterocycles. The summed E-state index contributed by atoms with van der Waals surface area (Å²) in [5, 5.41) is 2.77. The maximum atomic E-state index is 11.9. The molecule has 0 saturated carbocycles. The minimum atomic E-state index is -0.284. The molecule has 1 aromatic heterocycles. The van der Waals surface area contributed by atoms with Crippen LogP contribution < -0.4 is 10.2 Å². The molecule has 9 nitrogen and oxygen atoms in total. The third-order valence-corrected chi connectivity index (χ3v) is 3.81. The molecular weight excluding hydrogens is 326 g/mol. The minimum Gasteiger partial charge on any atom is -0.450 e. The number of nitrogens with zero attached hydrogens (tertiary/aromatic N) is 4. The Morgan fingerprint density at radius 2 is 1.96 bits per heavy atom. The Kier molecular flexibility index (Phi) is 7.39. The van der Waals surface area contributed by atoms with Crippen molar-refractivity contribution in [3.05, 3.63) is 18.1 Å². The van der Waals surface area contributed by atoms with Crippen molar-refractivity contribution in [3.63, 3.8) is 0 Å². The van der Waals surface area contributed by atoms with Crippen molar-refractivity contribution in [2.75, 3.05) is 57.9 Å². The Morgan fingerprint density at radius 1 is 1.20 bits per heavy atom. The molecule has 1 fully saturated rings. The van der Waals surface area contributed by atoms with Crippen LogP contribution in [0.25, 0.3) is 0 Å². The van der Waals surface area contributed by atoms with Crippen LogP contribution in [0.3, 0.4) is 0 Å². The Bertz CT molecular complexity index is 558. The molecule has 138 valence electrons. The van der Waals surface area contributed by atoms with Gasteiger partial charge < -0.3 is 24.6 Å². The molecule has 2 heterocycles. The molecule has 9 heteroatoms. The molecule has 2 rings (SSSR count). The molecular formula is C16H25N5O4. The van der Waals surface area contributed by atoms with Gasteiger partial charge in [-0.2, -0.15) is 0 Å². The average molecular weight is 351 g/mol. The molecule has 0 bridgehead atoms. The van der Waals surface area contributed by atoms with Crippen LogP contribution in [0.2, 0.25) is 0 Å². The Hall–Kier alpha value is -2.42. The second-order valence-corrected chi connectivity index (χ2v) is 5.54. The van der Waals surface area contributed by atoms with Gasteiger partial charge in [-0.1, -0.05) is 0 Å². The summed E-state index contributed by atoms with van der Waals surface area (Å²) in [5.41, 5.74) is 0.284. The largest absolute Gasteiger partial charge is 0.450 e. The van der Waals surface area contributed by atoms with E-state index in [0.29, 0.717) is 51.8 Å². The monoisotopic (exact) mass is 351 g/mol. The zero-order valence-electron chi connectivity index (χ0n) is 14.7. The summed E-state index contributed by atoms with van der Waals surface area (Å²) in [6, 6.07) is 0. The van der Waals surface area contributed by atoms with Gasteiger partial charge in [0.25, 0.3) is 5.91 Å². The molecule has 0 unspecified atom stereocenters. The van der Waals surface area contributed by atoms with Gasteiger partial charge >= 0.3 is 6.09 Å². The van der Waals surface area contributed by atoms with E-state index in [1.54, 1.807) is 25.1 Å². The Labute approximate surface area is 147 Å². The van der Waals surface area contributed by atoms with Gasteiger partial charge in [0.2, 0.25) is 0 Å². The van der Waals surface area contributed by atoms with Crippen LogP contribution in [0.4, 0.5) is 10.6 Å². The molecule has 0 spiro atoms. The lowest BCUT2D eigenvalue weighted by molar-refractivity contribution is 0.0942. The molecule has 1 aliphatic heterocycles. The van der Waals surface area contributed by atoms with Gasteiger partial charge in [-0.15, -0.1) is 0 Å². The smallest absolute Gasteiger partial charge is 0.409 e. The van der Waals surface area contributed by atoms with Crippen molar-refractivity contribution in [1.82, 2.24) is 20.2 Å². The molecule has 2 amide bonds. The molecule has 25 heavy (non-hydrogen) atoms. The fourth-order valence-electron chi connectivity index (χ4n) is 2.44. The molecule has 1 aromatic rings. The highest BCUT2D eigenvalue weighted by atomic mass is 16.6. The molecule has 1 aliphatic rings. The van der Waals surface area contributed by atoms with Crippen molar-refractivity contribution in [1.29, 1.82) is 0 Å². The second-order valence-electron chi connectivity index (χ2n) is 5.54. The highest BCUT2D eigenvalue weighted by molar-refractivity contribution is 5.91. The van der Waals surface area contributed by atoms with Gasteiger partial charge in [0.15, 0.2) is 0 Å². The predicted molar refractivity (Wildman–Crippen MR) is 91.7 cm³/mol. The lowest BCUT2D eigenvalue weighted by Crippen LogP contribution is -2.49. The van der Waals surface area contributed by atoms with Gasteiger partial charge in [-0.3, -0.25) is 4.79 Å². The summed E-state index contributed by atoms with van der Waals surface area (Å²) >= 11 is 0. The van der Waals surface area contributed by atoms with Crippen LogP contribution >= 0.6 is 0 Å². The first-order valence-corrected chi connectivity index (χ1v) is 8.41. The van der Waals surface area contributed by atoms with Crippen molar-refractivity contribution >= 4 is 17.8 Å². The quantitative estimate of drug-likeness (QED) is 0.715. The molecule has 0 atom stereocenters. The number of nitrogens with one attached hydrogen (secondary N) is 1. The summed E-state index contributed by atoms with van der Waals surface area (Å²) in [6.45, 7) is 5.74. The number of hydrogen-bond donors (Lipinski definition) is 1. The topological polar surface area (TPSA) is 96.9 Å². The van der Waals surface area contributed by atoms with Crippen LogP contribution in [0, 0.1) is 0 Å². The Morgan fingerprint density at radius 3 is 2.56 bits per heavy atom. The van der Waals surface area contributed by atoms with Crippen molar-refractivity contribution in [2.45, 2.75) is 13.3 Å². The van der Waals surface area contributed by atoms with Gasteiger partial charge in [-0.25, -0.2) is 14.8 Å². The molecule has 0 radical (unpaired) electrons. The zero-order valence-corrected chi connectivity index (χ0v) is 14.7. The summed E-state index contributed by atoms with van der Waals surface area (Å²) in [5.74, 6) is 0.446. The van der Waals surface area contributed by atoms with Crippen LogP contribution in [-0.2, 0) is 9.47 Å². The number of methoxy groups -OCH3 is 1. The fourth-order valence-corrected chi connectivity index (χ4v) is 2.44. The van der Waals surface area contributed by atoms with Gasteiger partial charge in [0.1, 0.15) is 11.5 Å². The standard InChI is InChI=1S/C16H25N5O4/c1-3-25-16(23)21-8-6-20(7-9-21)14-12-18-13(11-19-14)15(22)17-5-4-10-24-2/h11-12H,3-10H2,1-2H3,(H,17,22). The number of amides is 2. The van der Waals surface area contributed by atoms with E-state index in [9.17, 15) is 9.59 Å². The van der Waals surface area contributed by atoms with Gasteiger partial charge in [0.05, 0.1) is 19.0 Å². The number of rotatable bonds is 7. The third kappa shape index (κ3) is 5.56. The van der Waals surface area contributed by atoms with Crippen LogP contribution in [0.15, 0.2) is 12.4 Å². The summed E-state index contributed by atoms with van der Waals surface area (Å²) in [6.07, 6.45) is 3.52. The van der Waals surface area contributed by atoms with Crippen molar-refractivity contribution < 1.29 is 19.1 Å². The SMILES string of the molecule is CCOC(=O)N1CCN(c2cnc(C(=O)NCCCOC)cn2)CC1. The number of anilines is 1. The maximum absolute atomic E-state index is 11.9. The van der Waals surface area contributed by atoms with E-state index in [2.05, 4.69) is 15.3 Å². The van der Waals surface area contributed by atoms with E-state index < -0.39 is 0 Å². The molecule has 1 N–H and O–H groups in total. The highest BCUT2D eigenvalue weighted by Crippen LogP contribution is 2.13. The van der Waals surface area contributed by atoms with E-state index >= 15 is 0 Å². The van der Waals surface area contributed by atoms with Crippen LogP contribution in [0.1, 0.15) is 23.8 Å². The zero-order chi connectivity index (χ0) is 18.1. The Balaban J connectivity index is 1.82. The normalized spacial score (nSPS) is 14.3. The first-order chi connectivity index (χ1) is 12.2. The minimum absolute atomic E-state index is 0.248. The van der Waals surface area contributed by atoms with E-state index in [-0.39, 0.29) is 17.7 Å². The third-order valence-electron chi connectivity index (χ3n) is 3.81. The number of aromatic nitrogens is 2. The van der Waals surface area contributed by atoms with E-state index in [1.807, 2.05) is 4.90 Å². The van der Waals surface area contributed by atoms with Gasteiger partial charge in [-0.05, 0) is 13.3 Å². The van der Waals surface area contributed by atoms with Gasteiger partial charge in [0, 0.05) is 46.4 Å². The van der Waals surface area contributed by atoms with E-state index in [0.717, 1.165) is 6.42 Å². The number of carbonyl (C=O) groups is 2. The van der Waals surface area contributed by atoms with Crippen LogP contribution in [0.5, 0.6) is 0 Å².